The fraction of sp³-hybridized carbons (Fsp3) is 0.318. The highest BCUT2D eigenvalue weighted by Gasteiger charge is 2.22. The number of anilines is 3. The Bertz CT molecular complexity index is 1160. The van der Waals surface area contributed by atoms with E-state index in [0.29, 0.717) is 22.2 Å². The van der Waals surface area contributed by atoms with Gasteiger partial charge in [0.2, 0.25) is 0 Å². The molecule has 10 heteroatoms. The molecule has 0 bridgehead atoms. The van der Waals surface area contributed by atoms with Crippen molar-refractivity contribution in [3.8, 4) is 0 Å². The van der Waals surface area contributed by atoms with Gasteiger partial charge in [-0.2, -0.15) is 0 Å². The highest BCUT2D eigenvalue weighted by molar-refractivity contribution is 7.13. The number of halogens is 1. The quantitative estimate of drug-likeness (QED) is 0.600. The Morgan fingerprint density at radius 3 is 2.53 bits per heavy atom. The van der Waals surface area contributed by atoms with Crippen LogP contribution in [0.15, 0.2) is 30.7 Å². The smallest absolute Gasteiger partial charge is 0.267 e. The monoisotopic (exact) mass is 454 g/mol. The Hall–Kier alpha value is -3.40. The minimum atomic E-state index is -0.692. The van der Waals surface area contributed by atoms with Crippen molar-refractivity contribution in [1.82, 2.24) is 15.0 Å². The highest BCUT2D eigenvalue weighted by atomic mass is 32.1. The summed E-state index contributed by atoms with van der Waals surface area (Å²) in [7, 11) is 0. The van der Waals surface area contributed by atoms with E-state index in [-0.39, 0.29) is 17.3 Å². The zero-order chi connectivity index (χ0) is 22.8. The summed E-state index contributed by atoms with van der Waals surface area (Å²) >= 11 is 1.25. The molecule has 1 atom stereocenters. The average Bonchev–Trinajstić information content (AvgIpc) is 3.38. The van der Waals surface area contributed by atoms with E-state index in [9.17, 15) is 14.0 Å². The van der Waals surface area contributed by atoms with E-state index < -0.39 is 11.7 Å². The second kappa shape index (κ2) is 8.99. The van der Waals surface area contributed by atoms with Gasteiger partial charge in [0.1, 0.15) is 16.5 Å². The molecule has 4 rings (SSSR count). The zero-order valence-corrected chi connectivity index (χ0v) is 18.8. The lowest BCUT2D eigenvalue weighted by molar-refractivity contribution is 0.101. The fourth-order valence-corrected chi connectivity index (χ4v) is 4.30. The summed E-state index contributed by atoms with van der Waals surface area (Å²) < 4.78 is 14.5. The van der Waals surface area contributed by atoms with Crippen LogP contribution < -0.4 is 15.5 Å². The van der Waals surface area contributed by atoms with Gasteiger partial charge in [-0.05, 0) is 51.3 Å². The Morgan fingerprint density at radius 2 is 1.91 bits per heavy atom. The van der Waals surface area contributed by atoms with Crippen LogP contribution in [-0.4, -0.2) is 39.4 Å². The molecule has 32 heavy (non-hydrogen) atoms. The maximum absolute atomic E-state index is 14.5. The lowest BCUT2D eigenvalue weighted by Gasteiger charge is -2.22. The molecule has 1 saturated heterocycles. The molecule has 0 radical (unpaired) electrons. The highest BCUT2D eigenvalue weighted by Crippen LogP contribution is 2.25. The minimum Gasteiger partial charge on any atom is -0.353 e. The molecule has 2 amide bonds. The summed E-state index contributed by atoms with van der Waals surface area (Å²) in [6.07, 6.45) is 6.75. The van der Waals surface area contributed by atoms with Gasteiger partial charge in [0.05, 0.1) is 29.2 Å². The van der Waals surface area contributed by atoms with Crippen LogP contribution in [0, 0.1) is 19.7 Å². The van der Waals surface area contributed by atoms with Gasteiger partial charge in [-0.25, -0.2) is 19.3 Å². The maximum atomic E-state index is 14.5. The first-order valence-corrected chi connectivity index (χ1v) is 11.1. The number of carbonyl (C=O) groups excluding carboxylic acids is 2. The summed E-state index contributed by atoms with van der Waals surface area (Å²) in [5, 5.41) is 6.05. The summed E-state index contributed by atoms with van der Waals surface area (Å²) in [4.78, 5) is 40.4. The first-order chi connectivity index (χ1) is 15.3. The van der Waals surface area contributed by atoms with Gasteiger partial charge >= 0.3 is 0 Å². The normalized spacial score (nSPS) is 15.6. The first-order valence-electron chi connectivity index (χ1n) is 10.3. The topological polar surface area (TPSA) is 100 Å². The van der Waals surface area contributed by atoms with Crippen molar-refractivity contribution in [2.75, 3.05) is 22.1 Å². The van der Waals surface area contributed by atoms with Gasteiger partial charge < -0.3 is 15.5 Å². The third-order valence-corrected chi connectivity index (χ3v) is 6.29. The zero-order valence-electron chi connectivity index (χ0n) is 18.0. The Kier molecular flexibility index (Phi) is 6.13. The van der Waals surface area contributed by atoms with Gasteiger partial charge in [0.25, 0.3) is 11.8 Å². The second-order valence-electron chi connectivity index (χ2n) is 7.74. The number of benzene rings is 1. The standard InChI is InChI=1S/C22H23FN6O2S/c1-12-7-16(23)15(8-17(12)27-22(31)18-9-24-14(3)32-18)21(30)28-19-10-26-20(11-25-19)29-6-4-5-13(29)2/h7-11,13H,4-6H2,1-3H3,(H,27,31)(H,25,28,30)/t13-/m1/s1. The molecule has 1 aromatic carbocycles. The Morgan fingerprint density at radius 1 is 1.09 bits per heavy atom. The van der Waals surface area contributed by atoms with Crippen molar-refractivity contribution >= 4 is 40.5 Å². The van der Waals surface area contributed by atoms with Crippen molar-refractivity contribution in [1.29, 1.82) is 0 Å². The van der Waals surface area contributed by atoms with E-state index in [0.717, 1.165) is 30.2 Å². The summed E-state index contributed by atoms with van der Waals surface area (Å²) in [5.41, 5.74) is 0.639. The van der Waals surface area contributed by atoms with Crippen LogP contribution in [0.5, 0.6) is 0 Å². The van der Waals surface area contributed by atoms with Crippen molar-refractivity contribution < 1.29 is 14.0 Å². The fourth-order valence-electron chi connectivity index (χ4n) is 3.62. The first kappa shape index (κ1) is 21.8. The number of hydrogen-bond donors (Lipinski definition) is 2. The molecular formula is C22H23FN6O2S. The SMILES string of the molecule is Cc1ncc(C(=O)Nc2cc(C(=O)Nc3cnc(N4CCC[C@H]4C)cn3)c(F)cc2C)s1. The molecule has 3 heterocycles. The van der Waals surface area contributed by atoms with Crippen LogP contribution in [0.4, 0.5) is 21.7 Å². The van der Waals surface area contributed by atoms with Crippen LogP contribution in [0.3, 0.4) is 0 Å². The van der Waals surface area contributed by atoms with Gasteiger partial charge in [-0.15, -0.1) is 11.3 Å². The van der Waals surface area contributed by atoms with E-state index in [1.165, 1.54) is 35.9 Å². The number of hydrogen-bond acceptors (Lipinski definition) is 7. The van der Waals surface area contributed by atoms with Gasteiger partial charge in [-0.1, -0.05) is 0 Å². The molecule has 2 N–H and O–H groups in total. The van der Waals surface area contributed by atoms with E-state index in [4.69, 9.17) is 0 Å². The number of amides is 2. The van der Waals surface area contributed by atoms with E-state index in [1.807, 2.05) is 0 Å². The molecule has 0 aliphatic carbocycles. The Labute approximate surface area is 188 Å². The van der Waals surface area contributed by atoms with Crippen molar-refractivity contribution in [2.24, 2.45) is 0 Å². The van der Waals surface area contributed by atoms with Crippen molar-refractivity contribution in [3.05, 3.63) is 57.6 Å². The molecule has 0 saturated carbocycles. The number of nitrogens with zero attached hydrogens (tertiary/aromatic N) is 4. The predicted octanol–water partition coefficient (Wildman–Crippen LogP) is 4.18. The van der Waals surface area contributed by atoms with E-state index >= 15 is 0 Å². The Balaban J connectivity index is 1.49. The van der Waals surface area contributed by atoms with Crippen LogP contribution in [-0.2, 0) is 0 Å². The third kappa shape index (κ3) is 4.59. The lowest BCUT2D eigenvalue weighted by Crippen LogP contribution is -2.27. The molecule has 1 aliphatic heterocycles. The van der Waals surface area contributed by atoms with Crippen LogP contribution in [0.2, 0.25) is 0 Å². The number of aromatic nitrogens is 3. The lowest BCUT2D eigenvalue weighted by atomic mass is 10.1. The molecular weight excluding hydrogens is 431 g/mol. The number of carbonyl (C=O) groups is 2. The number of aryl methyl sites for hydroxylation is 2. The molecule has 1 fully saturated rings. The van der Waals surface area contributed by atoms with Crippen molar-refractivity contribution in [2.45, 2.75) is 39.7 Å². The summed E-state index contributed by atoms with van der Waals surface area (Å²) in [6, 6.07) is 2.93. The van der Waals surface area contributed by atoms with Gasteiger partial charge in [-0.3, -0.25) is 9.59 Å². The minimum absolute atomic E-state index is 0.203. The number of nitrogens with one attached hydrogen (secondary N) is 2. The van der Waals surface area contributed by atoms with Crippen LogP contribution in [0.1, 0.15) is 50.4 Å². The molecule has 0 unspecified atom stereocenters. The number of thiazole rings is 1. The van der Waals surface area contributed by atoms with E-state index in [1.54, 1.807) is 20.0 Å². The molecule has 3 aromatic rings. The largest absolute Gasteiger partial charge is 0.353 e. The van der Waals surface area contributed by atoms with Gasteiger partial charge in [0, 0.05) is 18.3 Å². The van der Waals surface area contributed by atoms with E-state index in [2.05, 4.69) is 37.4 Å². The predicted molar refractivity (Wildman–Crippen MR) is 122 cm³/mol. The molecule has 166 valence electrons. The van der Waals surface area contributed by atoms with Gasteiger partial charge in [0.15, 0.2) is 5.82 Å². The number of rotatable bonds is 5. The molecule has 2 aromatic heterocycles. The molecule has 0 spiro atoms. The summed E-state index contributed by atoms with van der Waals surface area (Å²) in [5.74, 6) is -0.770. The average molecular weight is 455 g/mol. The summed E-state index contributed by atoms with van der Waals surface area (Å²) in [6.45, 7) is 6.51. The maximum Gasteiger partial charge on any atom is 0.267 e. The molecule has 1 aliphatic rings. The molecule has 8 nitrogen and oxygen atoms in total. The van der Waals surface area contributed by atoms with Crippen LogP contribution >= 0.6 is 11.3 Å². The second-order valence-corrected chi connectivity index (χ2v) is 8.98. The van der Waals surface area contributed by atoms with Crippen LogP contribution in [0.25, 0.3) is 0 Å². The third-order valence-electron chi connectivity index (χ3n) is 5.38. The van der Waals surface area contributed by atoms with Crippen molar-refractivity contribution in [3.63, 3.8) is 0 Å².